The molecule has 1 fully saturated rings. The van der Waals surface area contributed by atoms with Crippen molar-refractivity contribution in [2.75, 3.05) is 30.3 Å². The third-order valence-electron chi connectivity index (χ3n) is 6.43. The number of likely N-dealkylation sites (tertiary alicyclic amines) is 1. The number of sulfonamides is 1. The van der Waals surface area contributed by atoms with E-state index in [4.69, 9.17) is 4.74 Å². The number of nitrogens with zero attached hydrogens (tertiary/aromatic N) is 2. The predicted octanol–water partition coefficient (Wildman–Crippen LogP) is 4.44. The Morgan fingerprint density at radius 1 is 1.00 bits per heavy atom. The van der Waals surface area contributed by atoms with E-state index in [1.54, 1.807) is 48.5 Å². The van der Waals surface area contributed by atoms with Crippen LogP contribution in [0.15, 0.2) is 82.6 Å². The highest BCUT2D eigenvalue weighted by Crippen LogP contribution is 2.27. The minimum atomic E-state index is -4.01. The number of carbonyl (C=O) groups is 2. The molecule has 206 valence electrons. The van der Waals surface area contributed by atoms with Crippen LogP contribution in [-0.4, -0.2) is 51.1 Å². The van der Waals surface area contributed by atoms with Crippen molar-refractivity contribution in [3.05, 3.63) is 83.9 Å². The van der Waals surface area contributed by atoms with Gasteiger partial charge < -0.3 is 15.0 Å². The number of thioether (sulfide) groups is 1. The number of nitrogens with one attached hydrogen (secondary N) is 1. The molecule has 4 rings (SSSR count). The van der Waals surface area contributed by atoms with Crippen LogP contribution in [0.2, 0.25) is 0 Å². The first-order chi connectivity index (χ1) is 18.8. The highest BCUT2D eigenvalue weighted by Gasteiger charge is 2.27. The van der Waals surface area contributed by atoms with Crippen molar-refractivity contribution < 1.29 is 22.7 Å². The molecule has 3 aromatic rings. The van der Waals surface area contributed by atoms with Crippen LogP contribution in [0.3, 0.4) is 0 Å². The van der Waals surface area contributed by atoms with E-state index >= 15 is 0 Å². The summed E-state index contributed by atoms with van der Waals surface area (Å²) >= 11 is 1.52. The molecule has 0 radical (unpaired) electrons. The maximum atomic E-state index is 13.6. The summed E-state index contributed by atoms with van der Waals surface area (Å²) in [6, 6.07) is 21.0. The Balaban J connectivity index is 1.46. The second-order valence-corrected chi connectivity index (χ2v) is 11.9. The van der Waals surface area contributed by atoms with Crippen molar-refractivity contribution in [2.24, 2.45) is 0 Å². The van der Waals surface area contributed by atoms with E-state index in [1.807, 2.05) is 42.3 Å². The summed E-state index contributed by atoms with van der Waals surface area (Å²) in [5.74, 6) is 0.364. The number of ether oxygens (including phenoxy) is 1. The lowest BCUT2D eigenvalue weighted by molar-refractivity contribution is -0.128. The Labute approximate surface area is 234 Å². The number of benzene rings is 3. The Hall–Kier alpha value is -3.50. The van der Waals surface area contributed by atoms with Gasteiger partial charge in [0.05, 0.1) is 17.2 Å². The topological polar surface area (TPSA) is 96.0 Å². The first kappa shape index (κ1) is 28.5. The lowest BCUT2D eigenvalue weighted by Crippen LogP contribution is -2.40. The summed E-state index contributed by atoms with van der Waals surface area (Å²) < 4.78 is 33.9. The molecule has 0 aromatic heterocycles. The van der Waals surface area contributed by atoms with Gasteiger partial charge in [0.15, 0.2) is 0 Å². The number of amides is 2. The maximum absolute atomic E-state index is 13.6. The highest BCUT2D eigenvalue weighted by atomic mass is 32.2. The third-order valence-corrected chi connectivity index (χ3v) is 8.96. The maximum Gasteiger partial charge on any atom is 0.264 e. The largest absolute Gasteiger partial charge is 0.494 e. The van der Waals surface area contributed by atoms with Gasteiger partial charge in [0.1, 0.15) is 12.3 Å². The zero-order valence-electron chi connectivity index (χ0n) is 22.1. The van der Waals surface area contributed by atoms with E-state index in [0.29, 0.717) is 31.0 Å². The molecule has 0 atom stereocenters. The fourth-order valence-corrected chi connectivity index (χ4v) is 6.14. The Morgan fingerprint density at radius 3 is 2.26 bits per heavy atom. The SMILES string of the molecule is CCOc1ccc(N(CC(=O)NCc2ccc(CN3CCCC3=O)cc2)S(=O)(=O)c2ccc(SC)cc2)cc1. The summed E-state index contributed by atoms with van der Waals surface area (Å²) in [7, 11) is -4.01. The molecule has 3 aromatic carbocycles. The minimum absolute atomic E-state index is 0.106. The molecule has 2 amide bonds. The van der Waals surface area contributed by atoms with Crippen molar-refractivity contribution in [3.63, 3.8) is 0 Å². The van der Waals surface area contributed by atoms with Crippen LogP contribution in [0.4, 0.5) is 5.69 Å². The molecule has 1 N–H and O–H groups in total. The summed E-state index contributed by atoms with van der Waals surface area (Å²) in [6.07, 6.45) is 3.42. The van der Waals surface area contributed by atoms with Crippen LogP contribution in [0.1, 0.15) is 30.9 Å². The molecule has 1 aliphatic heterocycles. The molecule has 8 nitrogen and oxygen atoms in total. The van der Waals surface area contributed by atoms with E-state index < -0.39 is 15.9 Å². The molecule has 1 heterocycles. The molecule has 0 unspecified atom stereocenters. The molecule has 10 heteroatoms. The summed E-state index contributed by atoms with van der Waals surface area (Å²) in [5.41, 5.74) is 2.27. The molecular weight excluding hydrogens is 534 g/mol. The smallest absolute Gasteiger partial charge is 0.264 e. The predicted molar refractivity (Wildman–Crippen MR) is 153 cm³/mol. The molecule has 1 saturated heterocycles. The van der Waals surface area contributed by atoms with Gasteiger partial charge in [-0.05, 0) is 79.3 Å². The van der Waals surface area contributed by atoms with E-state index in [2.05, 4.69) is 5.32 Å². The first-order valence-electron chi connectivity index (χ1n) is 12.8. The summed E-state index contributed by atoms with van der Waals surface area (Å²) in [6.45, 7) is 3.60. The molecule has 0 spiro atoms. The van der Waals surface area contributed by atoms with E-state index in [1.165, 1.54) is 11.8 Å². The fourth-order valence-electron chi connectivity index (χ4n) is 4.31. The van der Waals surface area contributed by atoms with Gasteiger partial charge in [-0.1, -0.05) is 24.3 Å². The Bertz CT molecular complexity index is 1380. The van der Waals surface area contributed by atoms with Crippen LogP contribution in [0.5, 0.6) is 5.75 Å². The van der Waals surface area contributed by atoms with Crippen molar-refractivity contribution in [3.8, 4) is 5.75 Å². The molecule has 1 aliphatic rings. The van der Waals surface area contributed by atoms with Crippen molar-refractivity contribution >= 4 is 39.3 Å². The molecule has 39 heavy (non-hydrogen) atoms. The first-order valence-corrected chi connectivity index (χ1v) is 15.5. The summed E-state index contributed by atoms with van der Waals surface area (Å²) in [5, 5.41) is 2.83. The lowest BCUT2D eigenvalue weighted by Gasteiger charge is -2.24. The zero-order valence-corrected chi connectivity index (χ0v) is 23.8. The van der Waals surface area contributed by atoms with Crippen molar-refractivity contribution in [2.45, 2.75) is 42.6 Å². The van der Waals surface area contributed by atoms with Gasteiger partial charge in [-0.3, -0.25) is 13.9 Å². The highest BCUT2D eigenvalue weighted by molar-refractivity contribution is 7.98. The van der Waals surface area contributed by atoms with Gasteiger partial charge in [-0.15, -0.1) is 11.8 Å². The van der Waals surface area contributed by atoms with Crippen LogP contribution in [-0.2, 0) is 32.7 Å². The fraction of sp³-hybridized carbons (Fsp3) is 0.310. The minimum Gasteiger partial charge on any atom is -0.494 e. The molecule has 0 aliphatic carbocycles. The van der Waals surface area contributed by atoms with E-state index in [9.17, 15) is 18.0 Å². The number of hydrogen-bond donors (Lipinski definition) is 1. The van der Waals surface area contributed by atoms with Gasteiger partial charge in [0.25, 0.3) is 10.0 Å². The lowest BCUT2D eigenvalue weighted by atomic mass is 10.1. The van der Waals surface area contributed by atoms with Gasteiger partial charge in [-0.25, -0.2) is 8.42 Å². The van der Waals surface area contributed by atoms with E-state index in [-0.39, 0.29) is 23.9 Å². The number of carbonyl (C=O) groups excluding carboxylic acids is 2. The van der Waals surface area contributed by atoms with Crippen molar-refractivity contribution in [1.82, 2.24) is 10.2 Å². The number of rotatable bonds is 12. The van der Waals surface area contributed by atoms with Gasteiger partial charge in [0, 0.05) is 31.0 Å². The van der Waals surface area contributed by atoms with E-state index in [0.717, 1.165) is 33.3 Å². The van der Waals surface area contributed by atoms with Crippen LogP contribution >= 0.6 is 11.8 Å². The monoisotopic (exact) mass is 567 g/mol. The zero-order chi connectivity index (χ0) is 27.8. The average Bonchev–Trinajstić information content (AvgIpc) is 3.36. The number of anilines is 1. The van der Waals surface area contributed by atoms with Crippen LogP contribution in [0, 0.1) is 0 Å². The van der Waals surface area contributed by atoms with Gasteiger partial charge >= 0.3 is 0 Å². The standard InChI is InChI=1S/C29H33N3O5S2/c1-3-37-25-12-10-24(11-13-25)32(39(35,36)27-16-14-26(38-2)15-17-27)21-28(33)30-19-22-6-8-23(9-7-22)20-31-18-4-5-29(31)34/h6-17H,3-5,18-21H2,1-2H3,(H,30,33). The average molecular weight is 568 g/mol. The second-order valence-electron chi connectivity index (χ2n) is 9.13. The quantitative estimate of drug-likeness (QED) is 0.325. The van der Waals surface area contributed by atoms with Gasteiger partial charge in [0.2, 0.25) is 11.8 Å². The number of hydrogen-bond acceptors (Lipinski definition) is 6. The van der Waals surface area contributed by atoms with Gasteiger partial charge in [-0.2, -0.15) is 0 Å². The molecular formula is C29H33N3O5S2. The van der Waals surface area contributed by atoms with Crippen LogP contribution in [0.25, 0.3) is 0 Å². The Morgan fingerprint density at radius 2 is 1.67 bits per heavy atom. The molecule has 0 saturated carbocycles. The second kappa shape index (κ2) is 13.0. The molecule has 0 bridgehead atoms. The van der Waals surface area contributed by atoms with Crippen LogP contribution < -0.4 is 14.4 Å². The summed E-state index contributed by atoms with van der Waals surface area (Å²) in [4.78, 5) is 27.8. The Kier molecular flexibility index (Phi) is 9.53. The third kappa shape index (κ3) is 7.33. The van der Waals surface area contributed by atoms with Crippen molar-refractivity contribution in [1.29, 1.82) is 0 Å². The normalized spacial score (nSPS) is 13.4.